The Balaban J connectivity index is 2.37. The van der Waals surface area contributed by atoms with Crippen molar-refractivity contribution in [2.45, 2.75) is 58.7 Å². The minimum Gasteiger partial charge on any atom is -0.375 e. The van der Waals surface area contributed by atoms with Gasteiger partial charge in [0.25, 0.3) is 0 Å². The smallest absolute Gasteiger partial charge is 0.0578 e. The van der Waals surface area contributed by atoms with Gasteiger partial charge in [0.2, 0.25) is 0 Å². The number of ether oxygens (including phenoxy) is 1. The summed E-state index contributed by atoms with van der Waals surface area (Å²) in [4.78, 5) is 0. The Morgan fingerprint density at radius 2 is 1.91 bits per heavy atom. The van der Waals surface area contributed by atoms with Gasteiger partial charge >= 0.3 is 0 Å². The van der Waals surface area contributed by atoms with Crippen LogP contribution in [0.5, 0.6) is 0 Å². The standard InChI is InChI=1S/C10H20O/c1-4-9-6-8(3)11-10(5-2)7-9/h8-10H,4-7H2,1-3H3. The third-order valence-corrected chi connectivity index (χ3v) is 2.72. The Hall–Kier alpha value is -0.0400. The van der Waals surface area contributed by atoms with Crippen molar-refractivity contribution in [2.24, 2.45) is 5.92 Å². The van der Waals surface area contributed by atoms with Crippen LogP contribution in [0.15, 0.2) is 0 Å². The largest absolute Gasteiger partial charge is 0.375 e. The van der Waals surface area contributed by atoms with Gasteiger partial charge in [-0.1, -0.05) is 20.3 Å². The highest BCUT2D eigenvalue weighted by Crippen LogP contribution is 2.28. The summed E-state index contributed by atoms with van der Waals surface area (Å²) in [5.41, 5.74) is 0. The van der Waals surface area contributed by atoms with Gasteiger partial charge in [0.1, 0.15) is 0 Å². The van der Waals surface area contributed by atoms with Gasteiger partial charge in [0.15, 0.2) is 0 Å². The zero-order valence-corrected chi connectivity index (χ0v) is 7.97. The average molecular weight is 156 g/mol. The van der Waals surface area contributed by atoms with Crippen LogP contribution in [-0.2, 0) is 4.74 Å². The summed E-state index contributed by atoms with van der Waals surface area (Å²) in [6.45, 7) is 6.70. The maximum atomic E-state index is 5.77. The molecule has 1 nitrogen and oxygen atoms in total. The molecule has 1 aliphatic rings. The molecule has 0 amide bonds. The molecule has 0 aliphatic carbocycles. The van der Waals surface area contributed by atoms with Crippen LogP contribution in [0.1, 0.15) is 46.5 Å². The molecule has 1 saturated heterocycles. The summed E-state index contributed by atoms with van der Waals surface area (Å²) in [7, 11) is 0. The molecule has 3 unspecified atom stereocenters. The lowest BCUT2D eigenvalue weighted by atomic mass is 9.89. The van der Waals surface area contributed by atoms with Crippen molar-refractivity contribution in [3.63, 3.8) is 0 Å². The first kappa shape index (κ1) is 9.05. The van der Waals surface area contributed by atoms with Crippen LogP contribution < -0.4 is 0 Å². The van der Waals surface area contributed by atoms with Gasteiger partial charge in [-0.25, -0.2) is 0 Å². The Bertz CT molecular complexity index is 99.4. The Morgan fingerprint density at radius 1 is 1.18 bits per heavy atom. The summed E-state index contributed by atoms with van der Waals surface area (Å²) >= 11 is 0. The Morgan fingerprint density at radius 3 is 2.45 bits per heavy atom. The van der Waals surface area contributed by atoms with E-state index in [2.05, 4.69) is 20.8 Å². The van der Waals surface area contributed by atoms with E-state index in [4.69, 9.17) is 4.74 Å². The van der Waals surface area contributed by atoms with Crippen molar-refractivity contribution in [1.82, 2.24) is 0 Å². The van der Waals surface area contributed by atoms with Gasteiger partial charge in [0, 0.05) is 0 Å². The molecule has 0 aromatic heterocycles. The molecule has 1 rings (SSSR count). The van der Waals surface area contributed by atoms with E-state index in [9.17, 15) is 0 Å². The van der Waals surface area contributed by atoms with Crippen molar-refractivity contribution in [2.75, 3.05) is 0 Å². The van der Waals surface area contributed by atoms with Gasteiger partial charge in [-0.3, -0.25) is 0 Å². The van der Waals surface area contributed by atoms with E-state index >= 15 is 0 Å². The van der Waals surface area contributed by atoms with Crippen LogP contribution in [0.3, 0.4) is 0 Å². The van der Waals surface area contributed by atoms with E-state index in [1.807, 2.05) is 0 Å². The fraction of sp³-hybridized carbons (Fsp3) is 1.00. The first-order valence-electron chi connectivity index (χ1n) is 4.91. The topological polar surface area (TPSA) is 9.23 Å². The fourth-order valence-corrected chi connectivity index (χ4v) is 1.97. The van der Waals surface area contributed by atoms with Crippen molar-refractivity contribution < 1.29 is 4.74 Å². The summed E-state index contributed by atoms with van der Waals surface area (Å²) in [6.07, 6.45) is 6.11. The average Bonchev–Trinajstić information content (AvgIpc) is 2.03. The lowest BCUT2D eigenvalue weighted by molar-refractivity contribution is -0.0632. The van der Waals surface area contributed by atoms with E-state index in [1.165, 1.54) is 25.7 Å². The molecular formula is C10H20O. The second-order valence-corrected chi connectivity index (χ2v) is 3.72. The minimum absolute atomic E-state index is 0.499. The van der Waals surface area contributed by atoms with Crippen molar-refractivity contribution >= 4 is 0 Å². The molecule has 0 spiro atoms. The van der Waals surface area contributed by atoms with Crippen LogP contribution in [0.2, 0.25) is 0 Å². The van der Waals surface area contributed by atoms with E-state index in [0.717, 1.165) is 5.92 Å². The minimum atomic E-state index is 0.499. The highest BCUT2D eigenvalue weighted by Gasteiger charge is 2.24. The van der Waals surface area contributed by atoms with Gasteiger partial charge in [-0.2, -0.15) is 0 Å². The second-order valence-electron chi connectivity index (χ2n) is 3.72. The Labute approximate surface area is 70.1 Å². The summed E-state index contributed by atoms with van der Waals surface area (Å²) < 4.78 is 5.77. The van der Waals surface area contributed by atoms with E-state index in [1.54, 1.807) is 0 Å². The monoisotopic (exact) mass is 156 g/mol. The lowest BCUT2D eigenvalue weighted by Gasteiger charge is -2.32. The fourth-order valence-electron chi connectivity index (χ4n) is 1.97. The van der Waals surface area contributed by atoms with Crippen LogP contribution in [-0.4, -0.2) is 12.2 Å². The van der Waals surface area contributed by atoms with Crippen LogP contribution in [0, 0.1) is 5.92 Å². The maximum absolute atomic E-state index is 5.77. The van der Waals surface area contributed by atoms with Crippen molar-refractivity contribution in [3.8, 4) is 0 Å². The summed E-state index contributed by atoms with van der Waals surface area (Å²) in [5, 5.41) is 0. The second kappa shape index (κ2) is 4.10. The molecule has 1 aliphatic heterocycles. The SMILES string of the molecule is CCC1CC(C)OC(CC)C1. The third kappa shape index (κ3) is 2.48. The molecule has 1 heterocycles. The van der Waals surface area contributed by atoms with Crippen LogP contribution in [0.25, 0.3) is 0 Å². The molecule has 0 saturated carbocycles. The zero-order chi connectivity index (χ0) is 8.27. The van der Waals surface area contributed by atoms with Gasteiger partial charge in [-0.15, -0.1) is 0 Å². The van der Waals surface area contributed by atoms with Crippen LogP contribution >= 0.6 is 0 Å². The molecule has 1 heteroatoms. The van der Waals surface area contributed by atoms with Gasteiger partial charge in [0.05, 0.1) is 12.2 Å². The van der Waals surface area contributed by atoms with Gasteiger partial charge in [-0.05, 0) is 32.1 Å². The summed E-state index contributed by atoms with van der Waals surface area (Å²) in [6, 6.07) is 0. The molecule has 0 aromatic rings. The molecule has 11 heavy (non-hydrogen) atoms. The molecule has 0 bridgehead atoms. The van der Waals surface area contributed by atoms with E-state index in [-0.39, 0.29) is 0 Å². The predicted octanol–water partition coefficient (Wildman–Crippen LogP) is 2.99. The lowest BCUT2D eigenvalue weighted by Crippen LogP contribution is -2.30. The molecule has 1 fully saturated rings. The third-order valence-electron chi connectivity index (χ3n) is 2.72. The molecule has 66 valence electrons. The van der Waals surface area contributed by atoms with Gasteiger partial charge < -0.3 is 4.74 Å². The normalized spacial score (nSPS) is 39.0. The van der Waals surface area contributed by atoms with E-state index < -0.39 is 0 Å². The summed E-state index contributed by atoms with van der Waals surface area (Å²) in [5.74, 6) is 0.920. The molecular weight excluding hydrogens is 136 g/mol. The molecule has 0 aromatic carbocycles. The molecule has 3 atom stereocenters. The molecule has 0 N–H and O–H groups in total. The zero-order valence-electron chi connectivity index (χ0n) is 7.97. The highest BCUT2D eigenvalue weighted by molar-refractivity contribution is 4.73. The van der Waals surface area contributed by atoms with Crippen molar-refractivity contribution in [1.29, 1.82) is 0 Å². The Kier molecular flexibility index (Phi) is 3.38. The number of rotatable bonds is 2. The maximum Gasteiger partial charge on any atom is 0.0578 e. The van der Waals surface area contributed by atoms with E-state index in [0.29, 0.717) is 12.2 Å². The first-order chi connectivity index (χ1) is 5.26. The predicted molar refractivity (Wildman–Crippen MR) is 47.6 cm³/mol. The number of hydrogen-bond acceptors (Lipinski definition) is 1. The highest BCUT2D eigenvalue weighted by atomic mass is 16.5. The quantitative estimate of drug-likeness (QED) is 0.597. The first-order valence-corrected chi connectivity index (χ1v) is 4.91. The van der Waals surface area contributed by atoms with Crippen LogP contribution in [0.4, 0.5) is 0 Å². The molecule has 0 radical (unpaired) electrons. The van der Waals surface area contributed by atoms with Crippen molar-refractivity contribution in [3.05, 3.63) is 0 Å². The number of hydrogen-bond donors (Lipinski definition) is 0.